The molecule has 0 amide bonds. The predicted octanol–water partition coefficient (Wildman–Crippen LogP) is 3.49. The van der Waals surface area contributed by atoms with E-state index in [-0.39, 0.29) is 24.0 Å². The molecule has 1 aliphatic rings. The molecule has 0 saturated heterocycles. The fraction of sp³-hybridized carbons (Fsp3) is 0.500. The Kier molecular flexibility index (Phi) is 8.98. The Morgan fingerprint density at radius 2 is 2.00 bits per heavy atom. The number of hydrogen-bond donors (Lipinski definition) is 2. The Bertz CT molecular complexity index is 739. The zero-order valence-corrected chi connectivity index (χ0v) is 19.6. The summed E-state index contributed by atoms with van der Waals surface area (Å²) in [5, 5.41) is 7.86. The standard InChI is InChI=1S/C20H29N5S.HI/c1-4-21-20(23-13-19-24-15(2)16(3)26-19)22-10-12-25-11-9-17-7-5-6-8-18(17)14-25;/h5-8H,4,9-14H2,1-3H3,(H2,21,22,23);1H. The number of benzene rings is 1. The van der Waals surface area contributed by atoms with Crippen LogP contribution in [0.25, 0.3) is 0 Å². The van der Waals surface area contributed by atoms with Gasteiger partial charge < -0.3 is 10.6 Å². The van der Waals surface area contributed by atoms with Gasteiger partial charge in [-0.25, -0.2) is 9.98 Å². The van der Waals surface area contributed by atoms with E-state index >= 15 is 0 Å². The molecule has 27 heavy (non-hydrogen) atoms. The predicted molar refractivity (Wildman–Crippen MR) is 125 cm³/mol. The Labute approximate surface area is 183 Å². The number of hydrogen-bond acceptors (Lipinski definition) is 4. The van der Waals surface area contributed by atoms with Crippen molar-refractivity contribution in [3.8, 4) is 0 Å². The molecule has 0 bridgehead atoms. The molecule has 5 nitrogen and oxygen atoms in total. The van der Waals surface area contributed by atoms with Gasteiger partial charge in [0.2, 0.25) is 0 Å². The van der Waals surface area contributed by atoms with Gasteiger partial charge in [-0.2, -0.15) is 0 Å². The van der Waals surface area contributed by atoms with Gasteiger partial charge >= 0.3 is 0 Å². The minimum atomic E-state index is 0. The molecule has 0 spiro atoms. The van der Waals surface area contributed by atoms with E-state index in [1.54, 1.807) is 11.3 Å². The summed E-state index contributed by atoms with van der Waals surface area (Å²) in [6.45, 7) is 11.8. The van der Waals surface area contributed by atoms with Crippen molar-refractivity contribution in [3.63, 3.8) is 0 Å². The van der Waals surface area contributed by atoms with Crippen molar-refractivity contribution in [2.75, 3.05) is 26.2 Å². The molecule has 2 N–H and O–H groups in total. The van der Waals surface area contributed by atoms with Crippen LogP contribution in [0.1, 0.15) is 33.6 Å². The third kappa shape index (κ3) is 6.43. The lowest BCUT2D eigenvalue weighted by molar-refractivity contribution is 0.258. The third-order valence-electron chi connectivity index (χ3n) is 4.72. The van der Waals surface area contributed by atoms with Crippen molar-refractivity contribution >= 4 is 41.3 Å². The van der Waals surface area contributed by atoms with Crippen LogP contribution in [0.3, 0.4) is 0 Å². The Morgan fingerprint density at radius 1 is 1.22 bits per heavy atom. The van der Waals surface area contributed by atoms with Gasteiger partial charge in [0, 0.05) is 37.6 Å². The van der Waals surface area contributed by atoms with Crippen molar-refractivity contribution in [1.29, 1.82) is 0 Å². The summed E-state index contributed by atoms with van der Waals surface area (Å²) in [6.07, 6.45) is 1.15. The van der Waals surface area contributed by atoms with Gasteiger partial charge in [-0.3, -0.25) is 4.90 Å². The fourth-order valence-electron chi connectivity index (χ4n) is 3.17. The van der Waals surface area contributed by atoms with Crippen molar-refractivity contribution in [3.05, 3.63) is 51.0 Å². The van der Waals surface area contributed by atoms with Gasteiger partial charge in [0.25, 0.3) is 0 Å². The Hall–Kier alpha value is -1.19. The topological polar surface area (TPSA) is 52.6 Å². The largest absolute Gasteiger partial charge is 0.357 e. The van der Waals surface area contributed by atoms with Crippen molar-refractivity contribution < 1.29 is 0 Å². The van der Waals surface area contributed by atoms with Crippen LogP contribution in [0.15, 0.2) is 29.3 Å². The summed E-state index contributed by atoms with van der Waals surface area (Å²) in [6, 6.07) is 8.78. The number of thiazole rings is 1. The fourth-order valence-corrected chi connectivity index (χ4v) is 4.03. The third-order valence-corrected chi connectivity index (χ3v) is 5.78. The number of guanidine groups is 1. The monoisotopic (exact) mass is 499 g/mol. The maximum Gasteiger partial charge on any atom is 0.191 e. The van der Waals surface area contributed by atoms with Gasteiger partial charge in [0.15, 0.2) is 5.96 Å². The maximum atomic E-state index is 4.68. The number of halogens is 1. The van der Waals surface area contributed by atoms with Gasteiger partial charge in [-0.1, -0.05) is 24.3 Å². The molecular weight excluding hydrogens is 469 g/mol. The summed E-state index contributed by atoms with van der Waals surface area (Å²) in [5.74, 6) is 0.871. The molecule has 1 aromatic carbocycles. The van der Waals surface area contributed by atoms with Crippen LogP contribution < -0.4 is 10.6 Å². The highest BCUT2D eigenvalue weighted by Crippen LogP contribution is 2.18. The number of nitrogens with one attached hydrogen (secondary N) is 2. The molecule has 1 aromatic heterocycles. The SMILES string of the molecule is CCNC(=NCc1nc(C)c(C)s1)NCCN1CCc2ccccc2C1.I. The number of aliphatic imine (C=N–C) groups is 1. The Balaban J connectivity index is 0.00000261. The summed E-state index contributed by atoms with van der Waals surface area (Å²) in [5.41, 5.74) is 4.08. The van der Waals surface area contributed by atoms with Gasteiger partial charge in [-0.15, -0.1) is 35.3 Å². The molecule has 0 fully saturated rings. The van der Waals surface area contributed by atoms with Crippen molar-refractivity contribution in [2.24, 2.45) is 4.99 Å². The highest BCUT2D eigenvalue weighted by molar-refractivity contribution is 14.0. The van der Waals surface area contributed by atoms with Gasteiger partial charge in [0.05, 0.1) is 12.2 Å². The number of aryl methyl sites for hydroxylation is 2. The molecule has 0 aliphatic carbocycles. The lowest BCUT2D eigenvalue weighted by atomic mass is 10.00. The molecule has 1 aliphatic heterocycles. The van der Waals surface area contributed by atoms with E-state index in [2.05, 4.69) is 70.5 Å². The van der Waals surface area contributed by atoms with E-state index in [1.807, 2.05) is 0 Å². The van der Waals surface area contributed by atoms with Gasteiger partial charge in [0.1, 0.15) is 5.01 Å². The zero-order chi connectivity index (χ0) is 18.4. The molecule has 2 heterocycles. The van der Waals surface area contributed by atoms with Crippen LogP contribution >= 0.6 is 35.3 Å². The quantitative estimate of drug-likeness (QED) is 0.363. The highest BCUT2D eigenvalue weighted by atomic mass is 127. The number of rotatable bonds is 6. The second-order valence-corrected chi connectivity index (χ2v) is 7.95. The molecule has 7 heteroatoms. The first-order valence-electron chi connectivity index (χ1n) is 9.40. The average molecular weight is 499 g/mol. The second kappa shape index (κ2) is 11.0. The molecule has 0 unspecified atom stereocenters. The van der Waals surface area contributed by atoms with Crippen LogP contribution in [0.5, 0.6) is 0 Å². The second-order valence-electron chi connectivity index (χ2n) is 6.67. The highest BCUT2D eigenvalue weighted by Gasteiger charge is 2.15. The lowest BCUT2D eigenvalue weighted by Gasteiger charge is -2.28. The van der Waals surface area contributed by atoms with E-state index in [4.69, 9.17) is 0 Å². The minimum Gasteiger partial charge on any atom is -0.357 e. The molecule has 0 atom stereocenters. The number of nitrogens with zero attached hydrogens (tertiary/aromatic N) is 3. The zero-order valence-electron chi connectivity index (χ0n) is 16.4. The summed E-state index contributed by atoms with van der Waals surface area (Å²) < 4.78 is 0. The molecular formula is C20H30IN5S. The van der Waals surface area contributed by atoms with E-state index < -0.39 is 0 Å². The van der Waals surface area contributed by atoms with Crippen molar-refractivity contribution in [2.45, 2.75) is 40.3 Å². The van der Waals surface area contributed by atoms with E-state index in [0.29, 0.717) is 6.54 Å². The van der Waals surface area contributed by atoms with Gasteiger partial charge in [-0.05, 0) is 38.3 Å². The Morgan fingerprint density at radius 3 is 2.70 bits per heavy atom. The smallest absolute Gasteiger partial charge is 0.191 e. The first-order chi connectivity index (χ1) is 12.7. The lowest BCUT2D eigenvalue weighted by Crippen LogP contribution is -2.42. The van der Waals surface area contributed by atoms with Crippen LogP contribution in [-0.2, 0) is 19.5 Å². The molecule has 2 aromatic rings. The van der Waals surface area contributed by atoms with Crippen molar-refractivity contribution in [1.82, 2.24) is 20.5 Å². The summed E-state index contributed by atoms with van der Waals surface area (Å²) in [7, 11) is 0. The first-order valence-corrected chi connectivity index (χ1v) is 10.2. The molecule has 0 saturated carbocycles. The molecule has 0 radical (unpaired) electrons. The normalized spacial score (nSPS) is 14.4. The maximum absolute atomic E-state index is 4.68. The van der Waals surface area contributed by atoms with Crippen LogP contribution in [0, 0.1) is 13.8 Å². The van der Waals surface area contributed by atoms with Crippen LogP contribution in [0.4, 0.5) is 0 Å². The van der Waals surface area contributed by atoms with E-state index in [0.717, 1.165) is 55.8 Å². The minimum absolute atomic E-state index is 0. The summed E-state index contributed by atoms with van der Waals surface area (Å²) in [4.78, 5) is 13.0. The molecule has 148 valence electrons. The van der Waals surface area contributed by atoms with E-state index in [9.17, 15) is 0 Å². The molecule has 3 rings (SSSR count). The number of aromatic nitrogens is 1. The first kappa shape index (κ1) is 22.1. The van der Waals surface area contributed by atoms with E-state index in [1.165, 1.54) is 16.0 Å². The van der Waals surface area contributed by atoms with Crippen LogP contribution in [0.2, 0.25) is 0 Å². The average Bonchev–Trinajstić information content (AvgIpc) is 2.97. The number of fused-ring (bicyclic) bond motifs is 1. The van der Waals surface area contributed by atoms with Crippen LogP contribution in [-0.4, -0.2) is 42.0 Å². The summed E-state index contributed by atoms with van der Waals surface area (Å²) >= 11 is 1.73.